The summed E-state index contributed by atoms with van der Waals surface area (Å²) >= 11 is 0. The molecule has 8 heteroatoms. The van der Waals surface area contributed by atoms with Crippen molar-refractivity contribution in [3.05, 3.63) is 65.4 Å². The van der Waals surface area contributed by atoms with Crippen molar-refractivity contribution in [2.24, 2.45) is 5.73 Å². The highest BCUT2D eigenvalue weighted by Crippen LogP contribution is 2.36. The van der Waals surface area contributed by atoms with E-state index in [1.54, 1.807) is 31.4 Å². The van der Waals surface area contributed by atoms with Gasteiger partial charge in [-0.2, -0.15) is 0 Å². The van der Waals surface area contributed by atoms with Gasteiger partial charge in [0.15, 0.2) is 6.29 Å². The number of aliphatic hydroxyl groups excluding tert-OH is 1. The van der Waals surface area contributed by atoms with Crippen LogP contribution in [0.2, 0.25) is 0 Å². The van der Waals surface area contributed by atoms with Crippen LogP contribution in [0.15, 0.2) is 48.5 Å². The van der Waals surface area contributed by atoms with Crippen molar-refractivity contribution >= 4 is 18.0 Å². The summed E-state index contributed by atoms with van der Waals surface area (Å²) in [6, 6.07) is 14.4. The summed E-state index contributed by atoms with van der Waals surface area (Å²) in [4.78, 5) is 22.3. The summed E-state index contributed by atoms with van der Waals surface area (Å²) in [6.07, 6.45) is -0.240. The summed E-state index contributed by atoms with van der Waals surface area (Å²) < 4.78 is 7.55. The fourth-order valence-electron chi connectivity index (χ4n) is 3.57. The molecular weight excluding hydrogens is 398 g/mol. The number of hydrogen-bond donors (Lipinski definition) is 4. The Labute approximate surface area is 179 Å². The highest BCUT2D eigenvalue weighted by atomic mass is 16.5. The molecule has 0 bridgehead atoms. The van der Waals surface area contributed by atoms with Crippen LogP contribution in [-0.4, -0.2) is 40.5 Å². The van der Waals surface area contributed by atoms with E-state index in [0.29, 0.717) is 29.8 Å². The summed E-state index contributed by atoms with van der Waals surface area (Å²) in [5, 5.41) is 21.3. The molecule has 0 saturated carbocycles. The van der Waals surface area contributed by atoms with Crippen LogP contribution in [0.5, 0.6) is 5.75 Å². The second-order valence-corrected chi connectivity index (χ2v) is 7.11. The average molecular weight is 423 g/mol. The maximum atomic E-state index is 11.6. The molecule has 0 aliphatic heterocycles. The topological polar surface area (TPSA) is 127 Å². The summed E-state index contributed by atoms with van der Waals surface area (Å²) in [5.41, 5.74) is 10.5. The zero-order chi connectivity index (χ0) is 22.5. The normalized spacial score (nSPS) is 10.9. The predicted octanol–water partition coefficient (Wildman–Crippen LogP) is 2.37. The molecule has 2 aromatic carbocycles. The van der Waals surface area contributed by atoms with Crippen molar-refractivity contribution in [2.45, 2.75) is 26.1 Å². The second kappa shape index (κ2) is 9.46. The van der Waals surface area contributed by atoms with Crippen LogP contribution < -0.4 is 15.8 Å². The van der Waals surface area contributed by atoms with Crippen molar-refractivity contribution in [2.75, 3.05) is 12.4 Å². The van der Waals surface area contributed by atoms with E-state index in [1.165, 1.54) is 0 Å². The number of carbonyl (C=O) groups is 2. The Morgan fingerprint density at radius 2 is 1.97 bits per heavy atom. The number of methoxy groups -OCH3 is 1. The molecule has 0 spiro atoms. The molecule has 1 aromatic heterocycles. The molecule has 5 N–H and O–H groups in total. The number of aryl methyl sites for hydroxylation is 2. The Hall–Kier alpha value is -3.62. The van der Waals surface area contributed by atoms with E-state index in [2.05, 4.69) is 5.32 Å². The number of primary amides is 1. The van der Waals surface area contributed by atoms with Gasteiger partial charge in [-0.1, -0.05) is 0 Å². The molecule has 0 fully saturated rings. The molecule has 1 heterocycles. The third-order valence-electron chi connectivity index (χ3n) is 5.05. The fraction of sp³-hybridized carbons (Fsp3) is 0.217. The van der Waals surface area contributed by atoms with Crippen molar-refractivity contribution in [1.82, 2.24) is 4.57 Å². The van der Waals surface area contributed by atoms with E-state index >= 15 is 0 Å². The lowest BCUT2D eigenvalue weighted by molar-refractivity contribution is -0.105. The minimum Gasteiger partial charge on any atom is -0.496 e. The van der Waals surface area contributed by atoms with Gasteiger partial charge in [-0.3, -0.25) is 9.59 Å². The van der Waals surface area contributed by atoms with Gasteiger partial charge in [-0.05, 0) is 61.4 Å². The average Bonchev–Trinajstić information content (AvgIpc) is 3.15. The van der Waals surface area contributed by atoms with Crippen LogP contribution in [0.25, 0.3) is 16.9 Å². The molecule has 31 heavy (non-hydrogen) atoms. The lowest BCUT2D eigenvalue weighted by Crippen LogP contribution is -2.13. The third-order valence-corrected chi connectivity index (χ3v) is 5.05. The summed E-state index contributed by atoms with van der Waals surface area (Å²) in [7, 11) is 1.55. The van der Waals surface area contributed by atoms with Crippen LogP contribution >= 0.6 is 0 Å². The molecule has 0 saturated heterocycles. The maximum absolute atomic E-state index is 11.6. The number of nitrogens with one attached hydrogen (secondary N) is 1. The third kappa shape index (κ3) is 4.76. The van der Waals surface area contributed by atoms with Gasteiger partial charge in [0, 0.05) is 40.7 Å². The standard InChI is InChI=1S/C23H25N3O5/c1-14-11-15(23(24)30)3-8-19(14)26-17(6-10-22(28)29)5-9-20(26)18-7-4-16(25-13-27)12-21(18)31-2/h3-5,7-9,11-13,22,28-29H,6,10H2,1-2H3,(H2,24,30)(H,25,27). The van der Waals surface area contributed by atoms with Gasteiger partial charge in [-0.25, -0.2) is 0 Å². The van der Waals surface area contributed by atoms with Gasteiger partial charge in [0.1, 0.15) is 5.75 Å². The number of amides is 2. The van der Waals surface area contributed by atoms with E-state index in [-0.39, 0.29) is 6.42 Å². The second-order valence-electron chi connectivity index (χ2n) is 7.11. The van der Waals surface area contributed by atoms with Crippen molar-refractivity contribution in [3.8, 4) is 22.7 Å². The zero-order valence-corrected chi connectivity index (χ0v) is 17.3. The molecule has 0 unspecified atom stereocenters. The molecule has 3 rings (SSSR count). The number of anilines is 1. The van der Waals surface area contributed by atoms with E-state index in [4.69, 9.17) is 10.5 Å². The molecule has 0 atom stereocenters. The van der Waals surface area contributed by atoms with E-state index < -0.39 is 12.2 Å². The van der Waals surface area contributed by atoms with E-state index in [9.17, 15) is 19.8 Å². The lowest BCUT2D eigenvalue weighted by atomic mass is 10.1. The first-order chi connectivity index (χ1) is 14.8. The number of ether oxygens (including phenoxy) is 1. The SMILES string of the molecule is COc1cc(NC=O)ccc1-c1ccc(CCC(O)O)n1-c1ccc(C(N)=O)cc1C. The molecule has 0 aliphatic carbocycles. The first-order valence-electron chi connectivity index (χ1n) is 9.72. The highest BCUT2D eigenvalue weighted by Gasteiger charge is 2.18. The van der Waals surface area contributed by atoms with Gasteiger partial charge in [0.25, 0.3) is 0 Å². The number of nitrogens with two attached hydrogens (primary N) is 1. The quantitative estimate of drug-likeness (QED) is 0.310. The number of hydrogen-bond acceptors (Lipinski definition) is 5. The monoisotopic (exact) mass is 423 g/mol. The van der Waals surface area contributed by atoms with Crippen LogP contribution in [0.1, 0.15) is 28.0 Å². The first-order valence-corrected chi connectivity index (χ1v) is 9.72. The number of aliphatic hydroxyl groups is 2. The number of nitrogens with zero attached hydrogens (tertiary/aromatic N) is 1. The number of aromatic nitrogens is 1. The Morgan fingerprint density at radius 1 is 1.19 bits per heavy atom. The van der Waals surface area contributed by atoms with Crippen LogP contribution in [0.4, 0.5) is 5.69 Å². The van der Waals surface area contributed by atoms with Crippen LogP contribution in [-0.2, 0) is 11.2 Å². The van der Waals surface area contributed by atoms with E-state index in [1.807, 2.05) is 35.8 Å². The smallest absolute Gasteiger partial charge is 0.248 e. The number of rotatable bonds is 9. The molecule has 162 valence electrons. The van der Waals surface area contributed by atoms with Crippen molar-refractivity contribution in [3.63, 3.8) is 0 Å². The highest BCUT2D eigenvalue weighted by molar-refractivity contribution is 5.93. The van der Waals surface area contributed by atoms with Gasteiger partial charge in [-0.15, -0.1) is 0 Å². The van der Waals surface area contributed by atoms with Gasteiger partial charge >= 0.3 is 0 Å². The fourth-order valence-corrected chi connectivity index (χ4v) is 3.57. The Balaban J connectivity index is 2.19. The molecule has 0 aliphatic rings. The minimum atomic E-state index is -1.42. The molecular formula is C23H25N3O5. The number of carbonyl (C=O) groups excluding carboxylic acids is 2. The maximum Gasteiger partial charge on any atom is 0.248 e. The molecule has 8 nitrogen and oxygen atoms in total. The van der Waals surface area contributed by atoms with E-state index in [0.717, 1.165) is 28.2 Å². The predicted molar refractivity (Wildman–Crippen MR) is 117 cm³/mol. The summed E-state index contributed by atoms with van der Waals surface area (Å²) in [5.74, 6) is 0.0530. The number of benzene rings is 2. The lowest BCUT2D eigenvalue weighted by Gasteiger charge is -2.19. The Bertz CT molecular complexity index is 1100. The Morgan fingerprint density at radius 3 is 2.58 bits per heavy atom. The zero-order valence-electron chi connectivity index (χ0n) is 17.3. The Kier molecular flexibility index (Phi) is 6.74. The molecule has 0 radical (unpaired) electrons. The molecule has 3 aromatic rings. The van der Waals surface area contributed by atoms with Gasteiger partial charge < -0.3 is 30.6 Å². The van der Waals surface area contributed by atoms with Crippen molar-refractivity contribution < 1.29 is 24.5 Å². The molecule has 2 amide bonds. The van der Waals surface area contributed by atoms with Gasteiger partial charge in [0.2, 0.25) is 12.3 Å². The van der Waals surface area contributed by atoms with Crippen LogP contribution in [0, 0.1) is 6.92 Å². The first kappa shape index (κ1) is 22.1. The van der Waals surface area contributed by atoms with Crippen molar-refractivity contribution in [1.29, 1.82) is 0 Å². The van der Waals surface area contributed by atoms with Gasteiger partial charge in [0.05, 0.1) is 12.8 Å². The van der Waals surface area contributed by atoms with Crippen LogP contribution in [0.3, 0.4) is 0 Å². The largest absolute Gasteiger partial charge is 0.496 e. The minimum absolute atomic E-state index is 0.168. The summed E-state index contributed by atoms with van der Waals surface area (Å²) in [6.45, 7) is 1.88.